The number of aromatic nitrogens is 8. The van der Waals surface area contributed by atoms with Crippen molar-refractivity contribution in [1.29, 1.82) is 0 Å². The van der Waals surface area contributed by atoms with Crippen LogP contribution in [0.4, 0.5) is 0 Å². The minimum atomic E-state index is -0.936. The molecule has 0 fully saturated rings. The Morgan fingerprint density at radius 3 is 1.59 bits per heavy atom. The molecular formula is C31H26N10O3S2. The molecular weight excluding hydrogens is 625 g/mol. The lowest BCUT2D eigenvalue weighted by Gasteiger charge is -2.15. The Hall–Kier alpha value is -5.64. The van der Waals surface area contributed by atoms with Crippen molar-refractivity contribution >= 4 is 36.9 Å². The summed E-state index contributed by atoms with van der Waals surface area (Å²) in [6.45, 7) is -0.0440. The zero-order valence-electron chi connectivity index (χ0n) is 24.0. The molecule has 0 bridgehead atoms. The monoisotopic (exact) mass is 650 g/mol. The van der Waals surface area contributed by atoms with Gasteiger partial charge in [0.1, 0.15) is 30.8 Å². The van der Waals surface area contributed by atoms with Crippen LogP contribution in [0.5, 0.6) is 11.5 Å². The van der Waals surface area contributed by atoms with Gasteiger partial charge in [-0.05, 0) is 73.0 Å². The van der Waals surface area contributed by atoms with E-state index >= 15 is 0 Å². The summed E-state index contributed by atoms with van der Waals surface area (Å²) in [7, 11) is 0. The molecule has 0 radical (unpaired) electrons. The molecule has 3 N–H and O–H groups in total. The van der Waals surface area contributed by atoms with E-state index in [0.29, 0.717) is 43.8 Å². The minimum Gasteiger partial charge on any atom is -0.490 e. The number of rotatable bonds is 12. The molecule has 0 saturated heterocycles. The highest BCUT2D eigenvalue weighted by Gasteiger charge is 2.12. The molecule has 230 valence electrons. The number of nitrogens with one attached hydrogen (secondary N) is 2. The zero-order valence-corrected chi connectivity index (χ0v) is 25.7. The molecule has 0 amide bonds. The van der Waals surface area contributed by atoms with E-state index in [-0.39, 0.29) is 13.2 Å². The van der Waals surface area contributed by atoms with Gasteiger partial charge in [-0.3, -0.25) is 9.97 Å². The van der Waals surface area contributed by atoms with Gasteiger partial charge in [0.05, 0.1) is 12.4 Å². The molecule has 0 saturated carbocycles. The van der Waals surface area contributed by atoms with Crippen LogP contribution in [0.3, 0.4) is 0 Å². The van der Waals surface area contributed by atoms with Gasteiger partial charge in [0, 0.05) is 47.0 Å². The van der Waals surface area contributed by atoms with E-state index in [1.807, 2.05) is 60.7 Å². The Labute approximate surface area is 272 Å². The Kier molecular flexibility index (Phi) is 9.53. The maximum atomic E-state index is 10.7. The van der Waals surface area contributed by atoms with Crippen molar-refractivity contribution in [2.45, 2.75) is 6.10 Å². The molecule has 0 atom stereocenters. The minimum absolute atomic E-state index is 0.0220. The van der Waals surface area contributed by atoms with E-state index in [2.05, 4.69) is 40.6 Å². The first-order valence-electron chi connectivity index (χ1n) is 13.9. The number of hydrogen-bond donors (Lipinski definition) is 3. The summed E-state index contributed by atoms with van der Waals surface area (Å²) in [5.41, 5.74) is 2.88. The number of benzene rings is 2. The SMILES string of the molecule is OC(COc1ccccc1/C=N\n1c(-c2cccnc2)n[nH]c1=S)COc1ccccc1/C=N\n1c(-c2cccnc2)n[nH]c1=S. The predicted molar refractivity (Wildman–Crippen MR) is 177 cm³/mol. The number of pyridine rings is 2. The Balaban J connectivity index is 1.10. The van der Waals surface area contributed by atoms with Crippen molar-refractivity contribution < 1.29 is 14.6 Å². The number of ether oxygens (including phenoxy) is 2. The first kappa shape index (κ1) is 30.4. The predicted octanol–water partition coefficient (Wildman–Crippen LogP) is 4.90. The lowest BCUT2D eigenvalue weighted by Crippen LogP contribution is -2.25. The van der Waals surface area contributed by atoms with Gasteiger partial charge in [-0.15, -0.1) is 0 Å². The van der Waals surface area contributed by atoms with Gasteiger partial charge in [0.25, 0.3) is 0 Å². The molecule has 6 aromatic rings. The summed E-state index contributed by atoms with van der Waals surface area (Å²) in [6, 6.07) is 22.0. The first-order chi connectivity index (χ1) is 22.6. The molecule has 0 aliphatic heterocycles. The number of H-pyrrole nitrogens is 2. The maximum absolute atomic E-state index is 10.7. The molecule has 0 aliphatic rings. The molecule has 6 rings (SSSR count). The second kappa shape index (κ2) is 14.4. The van der Waals surface area contributed by atoms with Crippen molar-refractivity contribution in [2.24, 2.45) is 10.2 Å². The van der Waals surface area contributed by atoms with Crippen LogP contribution >= 0.6 is 24.4 Å². The highest BCUT2D eigenvalue weighted by Crippen LogP contribution is 2.21. The third-order valence-corrected chi connectivity index (χ3v) is 6.99. The topological polar surface area (TPSA) is 156 Å². The summed E-state index contributed by atoms with van der Waals surface area (Å²) < 4.78 is 15.6. The van der Waals surface area contributed by atoms with Gasteiger partial charge in [-0.1, -0.05) is 24.3 Å². The Bertz CT molecular complexity index is 1940. The standard InChI is InChI=1S/C31H26N10O3S2/c42-25(19-43-26-11-3-1-7-21(26)17-34-40-28(36-38-30(40)45)23-9-5-13-32-15-23)20-44-27-12-4-2-8-22(27)18-35-41-29(37-39-31(41)46)24-10-6-14-33-16-24/h1-18,25,42H,19-20H2,(H,38,45)(H,39,46)/b34-17-,35-18-. The number of aliphatic hydroxyl groups excluding tert-OH is 1. The molecule has 2 aromatic carbocycles. The van der Waals surface area contributed by atoms with Gasteiger partial charge >= 0.3 is 0 Å². The van der Waals surface area contributed by atoms with Crippen LogP contribution in [0.1, 0.15) is 11.1 Å². The largest absolute Gasteiger partial charge is 0.490 e. The Morgan fingerprint density at radius 2 is 1.15 bits per heavy atom. The first-order valence-corrected chi connectivity index (χ1v) is 14.7. The molecule has 4 aromatic heterocycles. The van der Waals surface area contributed by atoms with Gasteiger partial charge in [0.2, 0.25) is 9.54 Å². The normalized spacial score (nSPS) is 11.5. The van der Waals surface area contributed by atoms with Crippen LogP contribution in [0, 0.1) is 9.54 Å². The van der Waals surface area contributed by atoms with Crippen molar-refractivity contribution in [3.63, 3.8) is 0 Å². The van der Waals surface area contributed by atoms with Crippen LogP contribution in [0.2, 0.25) is 0 Å². The van der Waals surface area contributed by atoms with Crippen LogP contribution in [0.15, 0.2) is 108 Å². The van der Waals surface area contributed by atoms with E-state index in [1.54, 1.807) is 49.3 Å². The second-order valence-electron chi connectivity index (χ2n) is 9.65. The number of hydrogen-bond acceptors (Lipinski definition) is 11. The van der Waals surface area contributed by atoms with Gasteiger partial charge in [0.15, 0.2) is 11.6 Å². The summed E-state index contributed by atoms with van der Waals surface area (Å²) in [5, 5.41) is 33.8. The van der Waals surface area contributed by atoms with Crippen molar-refractivity contribution in [2.75, 3.05) is 13.2 Å². The van der Waals surface area contributed by atoms with Crippen LogP contribution < -0.4 is 9.47 Å². The molecule has 13 nitrogen and oxygen atoms in total. The fourth-order valence-electron chi connectivity index (χ4n) is 4.26. The summed E-state index contributed by atoms with van der Waals surface area (Å²) in [4.78, 5) is 8.27. The van der Waals surface area contributed by atoms with E-state index in [0.717, 1.165) is 11.1 Å². The lowest BCUT2D eigenvalue weighted by atomic mass is 10.2. The van der Waals surface area contributed by atoms with E-state index < -0.39 is 6.10 Å². The van der Waals surface area contributed by atoms with Crippen LogP contribution in [0.25, 0.3) is 22.8 Å². The zero-order chi connectivity index (χ0) is 31.7. The van der Waals surface area contributed by atoms with Crippen LogP contribution in [-0.4, -0.2) is 76.6 Å². The molecule has 0 aliphatic carbocycles. The van der Waals surface area contributed by atoms with Crippen LogP contribution in [-0.2, 0) is 0 Å². The van der Waals surface area contributed by atoms with Gasteiger partial charge in [-0.2, -0.15) is 29.8 Å². The van der Waals surface area contributed by atoms with Crippen molar-refractivity contribution in [3.05, 3.63) is 118 Å². The van der Waals surface area contributed by atoms with Gasteiger partial charge in [-0.25, -0.2) is 10.2 Å². The average Bonchev–Trinajstić information content (AvgIpc) is 3.66. The smallest absolute Gasteiger partial charge is 0.216 e. The quantitative estimate of drug-likeness (QED) is 0.124. The number of nitrogens with zero attached hydrogens (tertiary/aromatic N) is 8. The van der Waals surface area contributed by atoms with E-state index in [4.69, 9.17) is 33.9 Å². The number of aromatic amines is 2. The number of aliphatic hydroxyl groups is 1. The lowest BCUT2D eigenvalue weighted by molar-refractivity contribution is 0.0625. The van der Waals surface area contributed by atoms with Crippen molar-refractivity contribution in [1.82, 2.24) is 39.7 Å². The van der Waals surface area contributed by atoms with E-state index in [9.17, 15) is 5.11 Å². The summed E-state index contributed by atoms with van der Waals surface area (Å²) in [6.07, 6.45) is 9.01. The molecule has 4 heterocycles. The highest BCUT2D eigenvalue weighted by atomic mass is 32.1. The average molecular weight is 651 g/mol. The van der Waals surface area contributed by atoms with Gasteiger partial charge < -0.3 is 14.6 Å². The molecule has 46 heavy (non-hydrogen) atoms. The second-order valence-corrected chi connectivity index (χ2v) is 10.4. The van der Waals surface area contributed by atoms with Crippen molar-refractivity contribution in [3.8, 4) is 34.3 Å². The third kappa shape index (κ3) is 7.18. The Morgan fingerprint density at radius 1 is 0.696 bits per heavy atom. The van der Waals surface area contributed by atoms with E-state index in [1.165, 1.54) is 9.35 Å². The maximum Gasteiger partial charge on any atom is 0.216 e. The molecule has 0 spiro atoms. The fourth-order valence-corrected chi connectivity index (χ4v) is 4.62. The fraction of sp³-hybridized carbons (Fsp3) is 0.0968. The summed E-state index contributed by atoms with van der Waals surface area (Å²) in [5.74, 6) is 2.09. The highest BCUT2D eigenvalue weighted by molar-refractivity contribution is 7.71. The third-order valence-electron chi connectivity index (χ3n) is 6.47. The molecule has 0 unspecified atom stereocenters. The number of para-hydroxylation sites is 2. The molecule has 15 heteroatoms. The summed E-state index contributed by atoms with van der Waals surface area (Å²) >= 11 is 10.7.